The number of tetrazole rings is 1. The number of nitrogens with two attached hydrogens (primary N) is 1. The van der Waals surface area contributed by atoms with Gasteiger partial charge in [0, 0.05) is 37.3 Å². The number of halogens is 2. The van der Waals surface area contributed by atoms with E-state index in [9.17, 15) is 23.2 Å². The Balaban J connectivity index is 1.32. The number of nitrogens with one attached hydrogen (secondary N) is 1. The molecule has 1 fully saturated rings. The SMILES string of the molecule is CN(C(=O)c1ccccc1)[C@@H]1CCN(C(=O)OCCn2nnnc2[C@@H](COCc2ccc(F)cc2F)NC(=O)C(C)(C)N)C1. The minimum Gasteiger partial charge on any atom is -0.447 e. The van der Waals surface area contributed by atoms with Gasteiger partial charge in [-0.15, -0.1) is 5.10 Å². The molecule has 3 aromatic rings. The lowest BCUT2D eigenvalue weighted by atomic mass is 10.1. The van der Waals surface area contributed by atoms with E-state index in [0.717, 1.165) is 12.1 Å². The minimum absolute atomic E-state index is 0.0583. The van der Waals surface area contributed by atoms with E-state index >= 15 is 0 Å². The summed E-state index contributed by atoms with van der Waals surface area (Å²) < 4.78 is 39.7. The van der Waals surface area contributed by atoms with Gasteiger partial charge in [-0.25, -0.2) is 18.3 Å². The molecule has 0 spiro atoms. The molecule has 2 atom stereocenters. The lowest BCUT2D eigenvalue weighted by Gasteiger charge is -2.25. The average molecular weight is 615 g/mol. The van der Waals surface area contributed by atoms with Crippen molar-refractivity contribution in [3.05, 3.63) is 77.1 Å². The Hall–Kier alpha value is -4.50. The number of likely N-dealkylation sites (tertiary alicyclic amines) is 1. The van der Waals surface area contributed by atoms with Crippen LogP contribution >= 0.6 is 0 Å². The zero-order valence-corrected chi connectivity index (χ0v) is 24.8. The van der Waals surface area contributed by atoms with Crippen molar-refractivity contribution in [3.63, 3.8) is 0 Å². The van der Waals surface area contributed by atoms with Gasteiger partial charge in [-0.05, 0) is 48.9 Å². The van der Waals surface area contributed by atoms with E-state index in [1.165, 1.54) is 29.5 Å². The topological polar surface area (TPSA) is 158 Å². The van der Waals surface area contributed by atoms with Crippen LogP contribution in [0.2, 0.25) is 0 Å². The van der Waals surface area contributed by atoms with Crippen LogP contribution in [-0.2, 0) is 27.4 Å². The molecule has 1 saturated heterocycles. The maximum atomic E-state index is 14.1. The first-order chi connectivity index (χ1) is 20.9. The molecule has 2 heterocycles. The highest BCUT2D eigenvalue weighted by Gasteiger charge is 2.32. The van der Waals surface area contributed by atoms with E-state index in [0.29, 0.717) is 25.1 Å². The maximum absolute atomic E-state index is 14.1. The van der Waals surface area contributed by atoms with Crippen LogP contribution in [0.3, 0.4) is 0 Å². The smallest absolute Gasteiger partial charge is 0.409 e. The van der Waals surface area contributed by atoms with Crippen LogP contribution in [0.4, 0.5) is 13.6 Å². The van der Waals surface area contributed by atoms with Gasteiger partial charge in [0.2, 0.25) is 5.91 Å². The molecule has 15 heteroatoms. The van der Waals surface area contributed by atoms with Crippen LogP contribution in [-0.4, -0.2) is 92.8 Å². The van der Waals surface area contributed by atoms with E-state index in [-0.39, 0.29) is 49.7 Å². The van der Waals surface area contributed by atoms with Crippen molar-refractivity contribution in [3.8, 4) is 0 Å². The van der Waals surface area contributed by atoms with Crippen LogP contribution in [0, 0.1) is 11.6 Å². The van der Waals surface area contributed by atoms with Gasteiger partial charge in [0.1, 0.15) is 24.3 Å². The summed E-state index contributed by atoms with van der Waals surface area (Å²) in [5.74, 6) is -1.92. The van der Waals surface area contributed by atoms with Crippen LogP contribution in [0.25, 0.3) is 0 Å². The number of ether oxygens (including phenoxy) is 2. The molecule has 0 bridgehead atoms. The van der Waals surface area contributed by atoms with Crippen LogP contribution in [0.15, 0.2) is 48.5 Å². The normalized spacial score (nSPS) is 15.6. The first-order valence-electron chi connectivity index (χ1n) is 14.1. The van der Waals surface area contributed by atoms with Crippen molar-refractivity contribution < 1.29 is 32.6 Å². The fourth-order valence-electron chi connectivity index (χ4n) is 4.56. The Morgan fingerprint density at radius 3 is 2.64 bits per heavy atom. The molecule has 13 nitrogen and oxygen atoms in total. The lowest BCUT2D eigenvalue weighted by molar-refractivity contribution is -0.126. The first kappa shape index (κ1) is 32.4. The number of amides is 3. The summed E-state index contributed by atoms with van der Waals surface area (Å²) in [6.45, 7) is 3.42. The lowest BCUT2D eigenvalue weighted by Crippen LogP contribution is -2.51. The van der Waals surface area contributed by atoms with Crippen molar-refractivity contribution in [2.75, 3.05) is 33.4 Å². The molecule has 236 valence electrons. The molecule has 0 radical (unpaired) electrons. The Labute approximate surface area is 253 Å². The van der Waals surface area contributed by atoms with Gasteiger partial charge in [0.15, 0.2) is 5.82 Å². The third kappa shape index (κ3) is 8.32. The van der Waals surface area contributed by atoms with Gasteiger partial charge in [0.25, 0.3) is 5.91 Å². The van der Waals surface area contributed by atoms with Crippen molar-refractivity contribution in [2.45, 2.75) is 51.0 Å². The molecule has 3 amide bonds. The molecule has 2 aromatic carbocycles. The molecule has 44 heavy (non-hydrogen) atoms. The molecule has 0 aliphatic carbocycles. The van der Waals surface area contributed by atoms with Gasteiger partial charge < -0.3 is 30.3 Å². The standard InChI is InChI=1S/C29H36F2N8O5/c1-29(2,32)27(41)33-24(18-43-17-20-9-10-21(30)15-23(20)31)25-34-35-36-39(25)13-14-44-28(42)38-12-11-22(16-38)37(3)26(40)19-7-5-4-6-8-19/h4-10,15,22,24H,11-14,16-18,32H2,1-3H3,(H,33,41)/t22-,24-/m1/s1. The summed E-state index contributed by atoms with van der Waals surface area (Å²) in [6.07, 6.45) is 0.0734. The Bertz CT molecular complexity index is 1450. The number of hydrogen-bond donors (Lipinski definition) is 2. The molecule has 3 N–H and O–H groups in total. The fourth-order valence-corrected chi connectivity index (χ4v) is 4.56. The van der Waals surface area contributed by atoms with E-state index in [2.05, 4.69) is 20.8 Å². The molecule has 1 aliphatic heterocycles. The Kier molecular flexibility index (Phi) is 10.5. The summed E-state index contributed by atoms with van der Waals surface area (Å²) in [5.41, 5.74) is 5.41. The molecular weight excluding hydrogens is 578 g/mol. The molecule has 0 saturated carbocycles. The number of benzene rings is 2. The summed E-state index contributed by atoms with van der Waals surface area (Å²) in [4.78, 5) is 41.4. The third-order valence-corrected chi connectivity index (χ3v) is 7.16. The second kappa shape index (κ2) is 14.3. The highest BCUT2D eigenvalue weighted by atomic mass is 19.1. The van der Waals surface area contributed by atoms with Gasteiger partial charge in [0.05, 0.1) is 31.3 Å². The van der Waals surface area contributed by atoms with E-state index in [4.69, 9.17) is 15.2 Å². The average Bonchev–Trinajstić information content (AvgIpc) is 3.67. The third-order valence-electron chi connectivity index (χ3n) is 7.16. The number of nitrogens with zero attached hydrogens (tertiary/aromatic N) is 6. The number of carbonyl (C=O) groups is 3. The summed E-state index contributed by atoms with van der Waals surface area (Å²) in [5, 5.41) is 14.4. The van der Waals surface area contributed by atoms with Crippen LogP contribution in [0.1, 0.15) is 48.1 Å². The highest BCUT2D eigenvalue weighted by Crippen LogP contribution is 2.19. The van der Waals surface area contributed by atoms with Crippen molar-refractivity contribution in [1.29, 1.82) is 0 Å². The summed E-state index contributed by atoms with van der Waals surface area (Å²) in [6, 6.07) is 11.0. The summed E-state index contributed by atoms with van der Waals surface area (Å²) in [7, 11) is 1.72. The van der Waals surface area contributed by atoms with Crippen LogP contribution < -0.4 is 11.1 Å². The molecule has 0 unspecified atom stereocenters. The van der Waals surface area contributed by atoms with Gasteiger partial charge in [-0.2, -0.15) is 0 Å². The second-order valence-corrected chi connectivity index (χ2v) is 11.0. The largest absolute Gasteiger partial charge is 0.447 e. The van der Waals surface area contributed by atoms with Crippen LogP contribution in [0.5, 0.6) is 0 Å². The zero-order chi connectivity index (χ0) is 31.9. The van der Waals surface area contributed by atoms with E-state index in [1.54, 1.807) is 36.2 Å². The van der Waals surface area contributed by atoms with Gasteiger partial charge in [-0.3, -0.25) is 9.59 Å². The Morgan fingerprint density at radius 2 is 1.93 bits per heavy atom. The van der Waals surface area contributed by atoms with E-state index < -0.39 is 35.2 Å². The molecular formula is C29H36F2N8O5. The fraction of sp³-hybridized carbons (Fsp3) is 0.448. The number of hydrogen-bond acceptors (Lipinski definition) is 9. The van der Waals surface area contributed by atoms with Crippen molar-refractivity contribution in [1.82, 2.24) is 35.3 Å². The second-order valence-electron chi connectivity index (χ2n) is 11.0. The predicted molar refractivity (Wildman–Crippen MR) is 153 cm³/mol. The number of rotatable bonds is 12. The predicted octanol–water partition coefficient (Wildman–Crippen LogP) is 2.05. The van der Waals surface area contributed by atoms with Crippen molar-refractivity contribution in [2.24, 2.45) is 5.73 Å². The number of likely N-dealkylation sites (N-methyl/N-ethyl adjacent to an activating group) is 1. The van der Waals surface area contributed by atoms with Gasteiger partial charge in [-0.1, -0.05) is 24.3 Å². The zero-order valence-electron chi connectivity index (χ0n) is 24.8. The molecule has 1 aromatic heterocycles. The maximum Gasteiger partial charge on any atom is 0.409 e. The number of carbonyl (C=O) groups excluding carboxylic acids is 3. The van der Waals surface area contributed by atoms with E-state index in [1.807, 2.05) is 6.07 Å². The monoisotopic (exact) mass is 614 g/mol. The highest BCUT2D eigenvalue weighted by molar-refractivity contribution is 5.94. The van der Waals surface area contributed by atoms with Gasteiger partial charge >= 0.3 is 6.09 Å². The number of aromatic nitrogens is 4. The molecule has 4 rings (SSSR count). The molecule has 1 aliphatic rings. The quantitative estimate of drug-likeness (QED) is 0.312. The Morgan fingerprint density at radius 1 is 1.18 bits per heavy atom. The van der Waals surface area contributed by atoms with Crippen molar-refractivity contribution >= 4 is 17.9 Å². The minimum atomic E-state index is -1.23. The summed E-state index contributed by atoms with van der Waals surface area (Å²) >= 11 is 0. The first-order valence-corrected chi connectivity index (χ1v) is 14.1.